The van der Waals surface area contributed by atoms with Crippen molar-refractivity contribution in [2.45, 2.75) is 77.2 Å². The van der Waals surface area contributed by atoms with Gasteiger partial charge >= 0.3 is 6.09 Å². The number of nitrogens with one attached hydrogen (secondary N) is 1. The van der Waals surface area contributed by atoms with Crippen molar-refractivity contribution in [3.63, 3.8) is 0 Å². The number of rotatable bonds is 12. The summed E-state index contributed by atoms with van der Waals surface area (Å²) in [6.07, 6.45) is 8.95. The molecular formula is C25H35NO3. The van der Waals surface area contributed by atoms with Crippen molar-refractivity contribution < 1.29 is 14.3 Å². The zero-order valence-electron chi connectivity index (χ0n) is 18.1. The van der Waals surface area contributed by atoms with Gasteiger partial charge in [-0.3, -0.25) is 0 Å². The van der Waals surface area contributed by atoms with Gasteiger partial charge in [0, 0.05) is 5.92 Å². The summed E-state index contributed by atoms with van der Waals surface area (Å²) in [5, 5.41) is 2.78. The van der Waals surface area contributed by atoms with Crippen molar-refractivity contribution in [3.05, 3.63) is 53.6 Å². The van der Waals surface area contributed by atoms with Crippen LogP contribution in [0.25, 0.3) is 5.57 Å². The van der Waals surface area contributed by atoms with Gasteiger partial charge in [0.15, 0.2) is 0 Å². The van der Waals surface area contributed by atoms with Crippen LogP contribution >= 0.6 is 0 Å². The van der Waals surface area contributed by atoms with Crippen LogP contribution in [-0.4, -0.2) is 24.5 Å². The van der Waals surface area contributed by atoms with Crippen molar-refractivity contribution >= 4 is 18.0 Å². The Labute approximate surface area is 175 Å². The predicted octanol–water partition coefficient (Wildman–Crippen LogP) is 6.18. The molecule has 0 spiro atoms. The average Bonchev–Trinajstić information content (AvgIpc) is 3.00. The van der Waals surface area contributed by atoms with E-state index in [2.05, 4.69) is 37.9 Å². The van der Waals surface area contributed by atoms with E-state index in [-0.39, 0.29) is 5.92 Å². The SMILES string of the molecule is C=CCCCCCC[C@](C)(C=O)NC(=O)OCC1C(CC)=C(C)c2ccccc21. The summed E-state index contributed by atoms with van der Waals surface area (Å²) in [6.45, 7) is 10.0. The van der Waals surface area contributed by atoms with E-state index in [0.717, 1.165) is 44.8 Å². The molecule has 4 nitrogen and oxygen atoms in total. The Kier molecular flexibility index (Phi) is 8.69. The minimum Gasteiger partial charge on any atom is -0.449 e. The third-order valence-corrected chi connectivity index (χ3v) is 5.91. The molecule has 4 heteroatoms. The van der Waals surface area contributed by atoms with E-state index >= 15 is 0 Å². The zero-order chi connectivity index (χ0) is 21.3. The summed E-state index contributed by atoms with van der Waals surface area (Å²) in [4.78, 5) is 24.0. The Morgan fingerprint density at radius 1 is 1.24 bits per heavy atom. The van der Waals surface area contributed by atoms with E-state index in [1.165, 1.54) is 22.3 Å². The molecule has 0 aliphatic heterocycles. The number of aldehydes is 1. The molecule has 1 aliphatic carbocycles. The molecule has 1 aromatic carbocycles. The fourth-order valence-corrected chi connectivity index (χ4v) is 4.18. The highest BCUT2D eigenvalue weighted by Gasteiger charge is 2.30. The second-order valence-corrected chi connectivity index (χ2v) is 8.14. The van der Waals surface area contributed by atoms with Gasteiger partial charge in [-0.05, 0) is 56.2 Å². The van der Waals surface area contributed by atoms with Crippen molar-refractivity contribution in [1.82, 2.24) is 5.32 Å². The summed E-state index contributed by atoms with van der Waals surface area (Å²) in [5.41, 5.74) is 4.17. The molecule has 158 valence electrons. The van der Waals surface area contributed by atoms with Gasteiger partial charge in [-0.1, -0.05) is 62.1 Å². The minimum atomic E-state index is -0.886. The van der Waals surface area contributed by atoms with E-state index in [1.807, 2.05) is 18.2 Å². The molecule has 29 heavy (non-hydrogen) atoms. The van der Waals surface area contributed by atoms with Gasteiger partial charge in [0.05, 0.1) is 5.54 Å². The lowest BCUT2D eigenvalue weighted by atomic mass is 9.95. The molecule has 1 N–H and O–H groups in total. The second kappa shape index (κ2) is 11.0. The molecule has 2 atom stereocenters. The van der Waals surface area contributed by atoms with Gasteiger partial charge in [0.2, 0.25) is 0 Å². The maximum atomic E-state index is 12.4. The number of carbonyl (C=O) groups is 2. The molecule has 0 heterocycles. The average molecular weight is 398 g/mol. The monoisotopic (exact) mass is 397 g/mol. The number of fused-ring (bicyclic) bond motifs is 1. The number of alkyl carbamates (subject to hydrolysis) is 1. The Hall–Kier alpha value is -2.36. The first-order chi connectivity index (χ1) is 14.0. The van der Waals surface area contributed by atoms with Gasteiger partial charge in [-0.25, -0.2) is 4.79 Å². The largest absolute Gasteiger partial charge is 0.449 e. The first-order valence-corrected chi connectivity index (χ1v) is 10.8. The van der Waals surface area contributed by atoms with E-state index in [9.17, 15) is 9.59 Å². The van der Waals surface area contributed by atoms with Crippen LogP contribution in [0.1, 0.15) is 82.8 Å². The third-order valence-electron chi connectivity index (χ3n) is 5.91. The van der Waals surface area contributed by atoms with Crippen LogP contribution in [0.15, 0.2) is 42.5 Å². The van der Waals surface area contributed by atoms with Crippen LogP contribution in [-0.2, 0) is 9.53 Å². The Morgan fingerprint density at radius 2 is 1.97 bits per heavy atom. The molecule has 0 aromatic heterocycles. The number of amides is 1. The topological polar surface area (TPSA) is 55.4 Å². The molecule has 1 amide bonds. The highest BCUT2D eigenvalue weighted by atomic mass is 16.5. The summed E-state index contributed by atoms with van der Waals surface area (Å²) >= 11 is 0. The Morgan fingerprint density at radius 3 is 2.66 bits per heavy atom. The molecule has 1 aliphatic rings. The molecule has 0 saturated heterocycles. The van der Waals surface area contributed by atoms with Gasteiger partial charge in [-0.2, -0.15) is 0 Å². The smallest absolute Gasteiger partial charge is 0.407 e. The molecule has 2 rings (SSSR count). The first-order valence-electron chi connectivity index (χ1n) is 10.8. The quantitative estimate of drug-likeness (QED) is 0.260. The van der Waals surface area contributed by atoms with Gasteiger partial charge in [-0.15, -0.1) is 6.58 Å². The maximum Gasteiger partial charge on any atom is 0.407 e. The van der Waals surface area contributed by atoms with E-state index < -0.39 is 11.6 Å². The molecule has 1 unspecified atom stereocenters. The molecule has 0 fully saturated rings. The number of allylic oxidation sites excluding steroid dienone is 2. The Balaban J connectivity index is 1.88. The van der Waals surface area contributed by atoms with Crippen LogP contribution < -0.4 is 5.32 Å². The Bertz CT molecular complexity index is 752. The minimum absolute atomic E-state index is 0.0919. The van der Waals surface area contributed by atoms with Crippen molar-refractivity contribution in [1.29, 1.82) is 0 Å². The van der Waals surface area contributed by atoms with E-state index in [4.69, 9.17) is 4.74 Å². The number of hydrogen-bond acceptors (Lipinski definition) is 3. The highest BCUT2D eigenvalue weighted by molar-refractivity contribution is 5.78. The fourth-order valence-electron chi connectivity index (χ4n) is 4.18. The van der Waals surface area contributed by atoms with Crippen LogP contribution in [0.4, 0.5) is 4.79 Å². The lowest BCUT2D eigenvalue weighted by molar-refractivity contribution is -0.113. The maximum absolute atomic E-state index is 12.4. The van der Waals surface area contributed by atoms with Crippen LogP contribution in [0.5, 0.6) is 0 Å². The zero-order valence-corrected chi connectivity index (χ0v) is 18.1. The third kappa shape index (κ3) is 6.06. The lowest BCUT2D eigenvalue weighted by Gasteiger charge is -2.25. The van der Waals surface area contributed by atoms with Crippen molar-refractivity contribution in [2.24, 2.45) is 0 Å². The lowest BCUT2D eigenvalue weighted by Crippen LogP contribution is -2.47. The predicted molar refractivity (Wildman–Crippen MR) is 119 cm³/mol. The summed E-state index contributed by atoms with van der Waals surface area (Å²) in [6, 6.07) is 8.29. The normalized spacial score (nSPS) is 17.4. The van der Waals surface area contributed by atoms with Crippen LogP contribution in [0.2, 0.25) is 0 Å². The van der Waals surface area contributed by atoms with E-state index in [1.54, 1.807) is 6.92 Å². The van der Waals surface area contributed by atoms with E-state index in [0.29, 0.717) is 13.0 Å². The van der Waals surface area contributed by atoms with Gasteiger partial charge in [0.1, 0.15) is 12.9 Å². The molecule has 0 saturated carbocycles. The summed E-state index contributed by atoms with van der Waals surface area (Å²) in [7, 11) is 0. The van der Waals surface area contributed by atoms with Gasteiger partial charge < -0.3 is 14.8 Å². The summed E-state index contributed by atoms with van der Waals surface area (Å²) in [5.74, 6) is 0.0919. The first kappa shape index (κ1) is 22.9. The number of carbonyl (C=O) groups excluding carboxylic acids is 2. The fraction of sp³-hybridized carbons (Fsp3) is 0.520. The standard InChI is InChI=1S/C25H35NO3/c1-5-7-8-9-10-13-16-25(4,18-27)26-24(28)29-17-23-20(6-2)19(3)21-14-11-12-15-22(21)23/h5,11-12,14-15,18,23H,1,6-10,13,16-17H2,2-4H3,(H,26,28)/t23?,25-/m1/s1. The molecular weight excluding hydrogens is 362 g/mol. The summed E-state index contributed by atoms with van der Waals surface area (Å²) < 4.78 is 5.57. The van der Waals surface area contributed by atoms with Crippen molar-refractivity contribution in [3.8, 4) is 0 Å². The number of unbranched alkanes of at least 4 members (excludes halogenated alkanes) is 4. The molecule has 0 radical (unpaired) electrons. The molecule has 0 bridgehead atoms. The number of hydrogen-bond donors (Lipinski definition) is 1. The highest BCUT2D eigenvalue weighted by Crippen LogP contribution is 2.43. The second-order valence-electron chi connectivity index (χ2n) is 8.14. The molecule has 1 aromatic rings. The van der Waals surface area contributed by atoms with Gasteiger partial charge in [0.25, 0.3) is 0 Å². The number of benzene rings is 1. The van der Waals surface area contributed by atoms with Crippen molar-refractivity contribution in [2.75, 3.05) is 6.61 Å². The van der Waals surface area contributed by atoms with Crippen LogP contribution in [0, 0.1) is 0 Å². The van der Waals surface area contributed by atoms with Crippen LogP contribution in [0.3, 0.4) is 0 Å². The number of ether oxygens (including phenoxy) is 1.